The van der Waals surface area contributed by atoms with Gasteiger partial charge in [-0.1, -0.05) is 18.2 Å². The molecule has 0 saturated heterocycles. The number of pyridine rings is 1. The van der Waals surface area contributed by atoms with Crippen molar-refractivity contribution in [3.63, 3.8) is 0 Å². The van der Waals surface area contributed by atoms with Gasteiger partial charge in [0.1, 0.15) is 5.69 Å². The topological polar surface area (TPSA) is 51.2 Å². The van der Waals surface area contributed by atoms with E-state index in [0.717, 1.165) is 12.1 Å². The van der Waals surface area contributed by atoms with Crippen LogP contribution in [0.3, 0.4) is 0 Å². The zero-order valence-electron chi connectivity index (χ0n) is 8.86. The number of likely N-dealkylation sites (N-methyl/N-ethyl adjacent to an activating group) is 1. The van der Waals surface area contributed by atoms with Gasteiger partial charge in [0.2, 0.25) is 0 Å². The fraction of sp³-hybridized carbons (Fsp3) is 0.273. The summed E-state index contributed by atoms with van der Waals surface area (Å²) < 4.78 is 4.55. The predicted molar refractivity (Wildman–Crippen MR) is 58.5 cm³/mol. The molecule has 0 spiro atoms. The van der Waals surface area contributed by atoms with E-state index in [1.165, 1.54) is 7.11 Å². The SMILES string of the molecule is CNCC=Cc1ccc(C(=O)OC)nc1. The van der Waals surface area contributed by atoms with Gasteiger partial charge in [0.25, 0.3) is 0 Å². The largest absolute Gasteiger partial charge is 0.464 e. The summed E-state index contributed by atoms with van der Waals surface area (Å²) >= 11 is 0. The smallest absolute Gasteiger partial charge is 0.356 e. The van der Waals surface area contributed by atoms with Gasteiger partial charge in [-0.15, -0.1) is 0 Å². The number of nitrogens with one attached hydrogen (secondary N) is 1. The lowest BCUT2D eigenvalue weighted by Gasteiger charge is -1.98. The number of nitrogens with zero attached hydrogens (tertiary/aromatic N) is 1. The Hall–Kier alpha value is -1.68. The van der Waals surface area contributed by atoms with E-state index in [-0.39, 0.29) is 0 Å². The van der Waals surface area contributed by atoms with E-state index in [1.807, 2.05) is 25.3 Å². The molecule has 1 aromatic heterocycles. The highest BCUT2D eigenvalue weighted by Crippen LogP contribution is 2.03. The zero-order chi connectivity index (χ0) is 11.1. The molecule has 0 aromatic carbocycles. The van der Waals surface area contributed by atoms with Crippen LogP contribution in [0.4, 0.5) is 0 Å². The number of rotatable bonds is 4. The first-order chi connectivity index (χ1) is 7.27. The minimum atomic E-state index is -0.416. The maximum Gasteiger partial charge on any atom is 0.356 e. The molecule has 0 unspecified atom stereocenters. The number of carbonyl (C=O) groups excluding carboxylic acids is 1. The first kappa shape index (κ1) is 11.4. The third-order valence-corrected chi connectivity index (χ3v) is 1.81. The Labute approximate surface area is 89.0 Å². The maximum absolute atomic E-state index is 11.1. The third-order valence-electron chi connectivity index (χ3n) is 1.81. The lowest BCUT2D eigenvalue weighted by molar-refractivity contribution is 0.0594. The second-order valence-corrected chi connectivity index (χ2v) is 2.93. The lowest BCUT2D eigenvalue weighted by Crippen LogP contribution is -2.04. The van der Waals surface area contributed by atoms with Crippen molar-refractivity contribution in [1.29, 1.82) is 0 Å². The second-order valence-electron chi connectivity index (χ2n) is 2.93. The van der Waals surface area contributed by atoms with Crippen LogP contribution in [0.1, 0.15) is 16.1 Å². The van der Waals surface area contributed by atoms with Crippen molar-refractivity contribution in [3.05, 3.63) is 35.7 Å². The summed E-state index contributed by atoms with van der Waals surface area (Å²) in [4.78, 5) is 15.1. The second kappa shape index (κ2) is 5.93. The van der Waals surface area contributed by atoms with Crippen LogP contribution in [-0.2, 0) is 4.74 Å². The first-order valence-electron chi connectivity index (χ1n) is 4.63. The quantitative estimate of drug-likeness (QED) is 0.749. The number of ether oxygens (including phenoxy) is 1. The fourth-order valence-electron chi connectivity index (χ4n) is 1.04. The van der Waals surface area contributed by atoms with Gasteiger partial charge < -0.3 is 10.1 Å². The van der Waals surface area contributed by atoms with Crippen molar-refractivity contribution >= 4 is 12.0 Å². The highest BCUT2D eigenvalue weighted by molar-refractivity contribution is 5.87. The zero-order valence-corrected chi connectivity index (χ0v) is 8.86. The molecule has 1 N–H and O–H groups in total. The summed E-state index contributed by atoms with van der Waals surface area (Å²) in [5, 5.41) is 3.00. The van der Waals surface area contributed by atoms with Crippen molar-refractivity contribution < 1.29 is 9.53 Å². The summed E-state index contributed by atoms with van der Waals surface area (Å²) in [6.07, 6.45) is 5.55. The van der Waals surface area contributed by atoms with E-state index >= 15 is 0 Å². The summed E-state index contributed by atoms with van der Waals surface area (Å²) in [5.74, 6) is -0.416. The predicted octanol–water partition coefficient (Wildman–Crippen LogP) is 1.10. The van der Waals surface area contributed by atoms with E-state index < -0.39 is 5.97 Å². The van der Waals surface area contributed by atoms with Crippen molar-refractivity contribution in [3.8, 4) is 0 Å². The van der Waals surface area contributed by atoms with Gasteiger partial charge in [0.05, 0.1) is 7.11 Å². The molecule has 0 bridgehead atoms. The highest BCUT2D eigenvalue weighted by Gasteiger charge is 2.04. The Morgan fingerprint density at radius 1 is 1.60 bits per heavy atom. The van der Waals surface area contributed by atoms with Crippen LogP contribution >= 0.6 is 0 Å². The number of esters is 1. The highest BCUT2D eigenvalue weighted by atomic mass is 16.5. The van der Waals surface area contributed by atoms with Crippen molar-refractivity contribution in [2.45, 2.75) is 0 Å². The van der Waals surface area contributed by atoms with Crippen LogP contribution in [0.2, 0.25) is 0 Å². The Morgan fingerprint density at radius 2 is 2.40 bits per heavy atom. The standard InChI is InChI=1S/C11H14N2O2/c1-12-7-3-4-9-5-6-10(13-8-9)11(14)15-2/h3-6,8,12H,7H2,1-2H3. The molecule has 0 fully saturated rings. The first-order valence-corrected chi connectivity index (χ1v) is 4.63. The number of hydrogen-bond acceptors (Lipinski definition) is 4. The molecule has 1 rings (SSSR count). The van der Waals surface area contributed by atoms with Crippen LogP contribution in [0.25, 0.3) is 6.08 Å². The van der Waals surface area contributed by atoms with Crippen molar-refractivity contribution in [2.75, 3.05) is 20.7 Å². The van der Waals surface area contributed by atoms with E-state index in [0.29, 0.717) is 5.69 Å². The minimum absolute atomic E-state index is 0.322. The van der Waals surface area contributed by atoms with E-state index in [1.54, 1.807) is 12.3 Å². The number of hydrogen-bond donors (Lipinski definition) is 1. The van der Waals surface area contributed by atoms with Crippen LogP contribution < -0.4 is 5.32 Å². The van der Waals surface area contributed by atoms with Crippen LogP contribution in [-0.4, -0.2) is 31.7 Å². The average Bonchev–Trinajstić information content (AvgIpc) is 2.29. The van der Waals surface area contributed by atoms with Crippen LogP contribution in [0.5, 0.6) is 0 Å². The lowest BCUT2D eigenvalue weighted by atomic mass is 10.2. The number of methoxy groups -OCH3 is 1. The molecule has 0 atom stereocenters. The van der Waals surface area contributed by atoms with E-state index in [4.69, 9.17) is 0 Å². The van der Waals surface area contributed by atoms with Crippen molar-refractivity contribution in [1.82, 2.24) is 10.3 Å². The van der Waals surface area contributed by atoms with Crippen LogP contribution in [0.15, 0.2) is 24.4 Å². The van der Waals surface area contributed by atoms with Gasteiger partial charge in [-0.3, -0.25) is 0 Å². The monoisotopic (exact) mass is 206 g/mol. The molecule has 1 aromatic rings. The van der Waals surface area contributed by atoms with Crippen LogP contribution in [0, 0.1) is 0 Å². The summed E-state index contributed by atoms with van der Waals surface area (Å²) in [6, 6.07) is 3.47. The molecule has 4 heteroatoms. The van der Waals surface area contributed by atoms with Crippen molar-refractivity contribution in [2.24, 2.45) is 0 Å². The van der Waals surface area contributed by atoms with E-state index in [9.17, 15) is 4.79 Å². The average molecular weight is 206 g/mol. The molecular weight excluding hydrogens is 192 g/mol. The molecule has 15 heavy (non-hydrogen) atoms. The normalized spacial score (nSPS) is 10.5. The minimum Gasteiger partial charge on any atom is -0.464 e. The molecule has 0 aliphatic heterocycles. The molecule has 0 saturated carbocycles. The summed E-state index contributed by atoms with van der Waals surface area (Å²) in [7, 11) is 3.22. The van der Waals surface area contributed by atoms with Gasteiger partial charge in [0.15, 0.2) is 0 Å². The van der Waals surface area contributed by atoms with Gasteiger partial charge in [-0.2, -0.15) is 0 Å². The molecule has 0 aliphatic rings. The number of carbonyl (C=O) groups is 1. The molecule has 0 amide bonds. The molecule has 0 radical (unpaired) electrons. The fourth-order valence-corrected chi connectivity index (χ4v) is 1.04. The summed E-state index contributed by atoms with van der Waals surface area (Å²) in [6.45, 7) is 0.804. The van der Waals surface area contributed by atoms with Gasteiger partial charge in [-0.25, -0.2) is 9.78 Å². The van der Waals surface area contributed by atoms with Gasteiger partial charge in [0, 0.05) is 12.7 Å². The van der Waals surface area contributed by atoms with Gasteiger partial charge >= 0.3 is 5.97 Å². The number of aromatic nitrogens is 1. The Kier molecular flexibility index (Phi) is 4.50. The molecule has 0 aliphatic carbocycles. The Balaban J connectivity index is 2.68. The maximum atomic E-state index is 11.1. The Bertz CT molecular complexity index is 344. The van der Waals surface area contributed by atoms with E-state index in [2.05, 4.69) is 15.0 Å². The Morgan fingerprint density at radius 3 is 2.93 bits per heavy atom. The molecule has 80 valence electrons. The molecular formula is C11H14N2O2. The molecule has 1 heterocycles. The van der Waals surface area contributed by atoms with Gasteiger partial charge in [-0.05, 0) is 18.7 Å². The summed E-state index contributed by atoms with van der Waals surface area (Å²) in [5.41, 5.74) is 1.28. The third kappa shape index (κ3) is 3.52. The molecule has 4 nitrogen and oxygen atoms in total.